The summed E-state index contributed by atoms with van der Waals surface area (Å²) in [6, 6.07) is 2.86. The van der Waals surface area contributed by atoms with Crippen molar-refractivity contribution in [3.8, 4) is 11.5 Å². The van der Waals surface area contributed by atoms with Crippen LogP contribution in [0.2, 0.25) is 0 Å². The van der Waals surface area contributed by atoms with E-state index in [4.69, 9.17) is 0 Å². The van der Waals surface area contributed by atoms with Gasteiger partial charge in [-0.1, -0.05) is 39.0 Å². The van der Waals surface area contributed by atoms with Gasteiger partial charge in [0, 0.05) is 6.07 Å². The number of methoxy groups -OCH3 is 1. The summed E-state index contributed by atoms with van der Waals surface area (Å²) in [4.78, 5) is 11.4. The molecule has 0 aliphatic rings. The number of ether oxygens (including phenoxy) is 1. The lowest BCUT2D eigenvalue weighted by molar-refractivity contribution is -0.139. The fourth-order valence-electron chi connectivity index (χ4n) is 2.46. The predicted molar refractivity (Wildman–Crippen MR) is 82.6 cm³/mol. The first-order valence-electron chi connectivity index (χ1n) is 7.69. The molecule has 0 fully saturated rings. The van der Waals surface area contributed by atoms with Gasteiger partial charge in [-0.2, -0.15) is 0 Å². The Morgan fingerprint density at radius 3 is 2.43 bits per heavy atom. The zero-order valence-corrected chi connectivity index (χ0v) is 13.0. The zero-order chi connectivity index (χ0) is 15.7. The summed E-state index contributed by atoms with van der Waals surface area (Å²) in [5.74, 6) is -0.343. The number of benzene rings is 1. The van der Waals surface area contributed by atoms with Crippen molar-refractivity contribution in [2.75, 3.05) is 7.11 Å². The molecule has 4 heteroatoms. The lowest BCUT2D eigenvalue weighted by Crippen LogP contribution is -2.07. The minimum absolute atomic E-state index is 0.0295. The van der Waals surface area contributed by atoms with Crippen LogP contribution in [0.25, 0.3) is 0 Å². The van der Waals surface area contributed by atoms with Gasteiger partial charge in [0.1, 0.15) is 11.5 Å². The number of hydrogen-bond donors (Lipinski definition) is 2. The molecule has 0 unspecified atom stereocenters. The maximum atomic E-state index is 11.4. The van der Waals surface area contributed by atoms with Crippen LogP contribution in [0.4, 0.5) is 0 Å². The Morgan fingerprint density at radius 1 is 1.10 bits per heavy atom. The highest BCUT2D eigenvalue weighted by molar-refractivity contribution is 5.73. The standard InChI is InChI=1S/C17H26O4/c1-3-4-5-6-7-8-9-15-13(11-17(20)21-2)10-14(18)12-16(15)19/h10,12,18-19H,3-9,11H2,1-2H3. The molecule has 1 rings (SSSR count). The fourth-order valence-corrected chi connectivity index (χ4v) is 2.46. The second kappa shape index (κ2) is 9.27. The molecule has 0 aromatic heterocycles. The number of carbonyl (C=O) groups is 1. The third kappa shape index (κ3) is 6.06. The monoisotopic (exact) mass is 294 g/mol. The van der Waals surface area contributed by atoms with E-state index < -0.39 is 0 Å². The Kier molecular flexibility index (Phi) is 7.65. The minimum Gasteiger partial charge on any atom is -0.508 e. The van der Waals surface area contributed by atoms with Crippen LogP contribution in [0, 0.1) is 0 Å². The number of hydrogen-bond acceptors (Lipinski definition) is 4. The molecule has 21 heavy (non-hydrogen) atoms. The molecular weight excluding hydrogens is 268 g/mol. The predicted octanol–water partition coefficient (Wildman–Crippen LogP) is 3.72. The molecule has 0 aliphatic heterocycles. The van der Waals surface area contributed by atoms with Gasteiger partial charge in [0.2, 0.25) is 0 Å². The van der Waals surface area contributed by atoms with Crippen LogP contribution in [0.3, 0.4) is 0 Å². The number of phenols is 2. The van der Waals surface area contributed by atoms with Crippen LogP contribution >= 0.6 is 0 Å². The van der Waals surface area contributed by atoms with Crippen molar-refractivity contribution in [2.45, 2.75) is 58.3 Å². The van der Waals surface area contributed by atoms with E-state index >= 15 is 0 Å². The Morgan fingerprint density at radius 2 is 1.76 bits per heavy atom. The Bertz CT molecular complexity index is 454. The third-order valence-corrected chi connectivity index (χ3v) is 3.65. The molecule has 0 spiro atoms. The average molecular weight is 294 g/mol. The SMILES string of the molecule is CCCCCCCCc1c(O)cc(O)cc1CC(=O)OC. The number of carbonyl (C=O) groups excluding carboxylic acids is 1. The van der Waals surface area contributed by atoms with Crippen molar-refractivity contribution in [3.63, 3.8) is 0 Å². The van der Waals surface area contributed by atoms with Gasteiger partial charge in [-0.3, -0.25) is 4.79 Å². The molecular formula is C17H26O4. The van der Waals surface area contributed by atoms with Gasteiger partial charge in [-0.15, -0.1) is 0 Å². The molecule has 2 N–H and O–H groups in total. The Labute approximate surface area is 126 Å². The first kappa shape index (κ1) is 17.3. The smallest absolute Gasteiger partial charge is 0.309 e. The summed E-state index contributed by atoms with van der Waals surface area (Å²) in [5.41, 5.74) is 1.39. The van der Waals surface area contributed by atoms with Crippen molar-refractivity contribution in [1.82, 2.24) is 0 Å². The summed E-state index contributed by atoms with van der Waals surface area (Å²) in [6.07, 6.45) is 7.79. The highest BCUT2D eigenvalue weighted by atomic mass is 16.5. The van der Waals surface area contributed by atoms with Crippen LogP contribution in [-0.4, -0.2) is 23.3 Å². The normalized spacial score (nSPS) is 10.6. The van der Waals surface area contributed by atoms with Crippen molar-refractivity contribution >= 4 is 5.97 Å². The third-order valence-electron chi connectivity index (χ3n) is 3.65. The molecule has 0 saturated heterocycles. The second-order valence-corrected chi connectivity index (χ2v) is 5.37. The van der Waals surface area contributed by atoms with Crippen LogP contribution < -0.4 is 0 Å². The van der Waals surface area contributed by atoms with Crippen molar-refractivity contribution in [3.05, 3.63) is 23.3 Å². The van der Waals surface area contributed by atoms with Crippen molar-refractivity contribution in [1.29, 1.82) is 0 Å². The van der Waals surface area contributed by atoms with Crippen LogP contribution in [0.5, 0.6) is 11.5 Å². The quantitative estimate of drug-likeness (QED) is 0.538. The van der Waals surface area contributed by atoms with Gasteiger partial charge >= 0.3 is 5.97 Å². The number of phenolic OH excluding ortho intramolecular Hbond substituents is 2. The lowest BCUT2D eigenvalue weighted by atomic mass is 9.97. The van der Waals surface area contributed by atoms with Gasteiger partial charge in [0.15, 0.2) is 0 Å². The second-order valence-electron chi connectivity index (χ2n) is 5.37. The molecule has 0 aliphatic carbocycles. The lowest BCUT2D eigenvalue weighted by Gasteiger charge is -2.12. The molecule has 1 aromatic rings. The van der Waals surface area contributed by atoms with E-state index in [0.29, 0.717) is 12.0 Å². The molecule has 118 valence electrons. The van der Waals surface area contributed by atoms with Crippen molar-refractivity contribution in [2.24, 2.45) is 0 Å². The number of unbranched alkanes of at least 4 members (excludes halogenated alkanes) is 5. The maximum Gasteiger partial charge on any atom is 0.309 e. The summed E-state index contributed by atoms with van der Waals surface area (Å²) in [6.45, 7) is 2.19. The highest BCUT2D eigenvalue weighted by Crippen LogP contribution is 2.29. The van der Waals surface area contributed by atoms with E-state index in [0.717, 1.165) is 18.4 Å². The first-order chi connectivity index (χ1) is 10.1. The van der Waals surface area contributed by atoms with Crippen LogP contribution in [0.1, 0.15) is 56.6 Å². The first-order valence-corrected chi connectivity index (χ1v) is 7.69. The van der Waals surface area contributed by atoms with E-state index in [9.17, 15) is 15.0 Å². The molecule has 0 amide bonds. The topological polar surface area (TPSA) is 66.8 Å². The molecule has 1 aromatic carbocycles. The van der Waals surface area contributed by atoms with E-state index in [1.165, 1.54) is 44.9 Å². The highest BCUT2D eigenvalue weighted by Gasteiger charge is 2.13. The molecule has 4 nitrogen and oxygen atoms in total. The minimum atomic E-state index is -0.371. The summed E-state index contributed by atoms with van der Waals surface area (Å²) in [7, 11) is 1.33. The van der Waals surface area contributed by atoms with Gasteiger partial charge in [0.25, 0.3) is 0 Å². The van der Waals surface area contributed by atoms with E-state index in [1.54, 1.807) is 0 Å². The summed E-state index contributed by atoms with van der Waals surface area (Å²) < 4.78 is 4.66. The molecule has 0 heterocycles. The van der Waals surface area contributed by atoms with Gasteiger partial charge in [-0.25, -0.2) is 0 Å². The van der Waals surface area contributed by atoms with Crippen LogP contribution in [0.15, 0.2) is 12.1 Å². The fraction of sp³-hybridized carbons (Fsp3) is 0.588. The van der Waals surface area contributed by atoms with E-state index in [-0.39, 0.29) is 23.9 Å². The number of esters is 1. The number of rotatable bonds is 9. The summed E-state index contributed by atoms with van der Waals surface area (Å²) >= 11 is 0. The Hall–Kier alpha value is -1.71. The maximum absolute atomic E-state index is 11.4. The van der Waals surface area contributed by atoms with Gasteiger partial charge in [0.05, 0.1) is 13.5 Å². The average Bonchev–Trinajstić information content (AvgIpc) is 2.44. The van der Waals surface area contributed by atoms with Crippen molar-refractivity contribution < 1.29 is 19.7 Å². The molecule has 0 radical (unpaired) electrons. The van der Waals surface area contributed by atoms with E-state index in [2.05, 4.69) is 11.7 Å². The Balaban J connectivity index is 2.64. The van der Waals surface area contributed by atoms with Gasteiger partial charge < -0.3 is 14.9 Å². The largest absolute Gasteiger partial charge is 0.508 e. The molecule has 0 atom stereocenters. The zero-order valence-electron chi connectivity index (χ0n) is 13.0. The van der Waals surface area contributed by atoms with Gasteiger partial charge in [-0.05, 0) is 30.0 Å². The molecule has 0 bridgehead atoms. The van der Waals surface area contributed by atoms with E-state index in [1.807, 2.05) is 0 Å². The molecule has 0 saturated carbocycles. The number of aromatic hydroxyl groups is 2. The summed E-state index contributed by atoms with van der Waals surface area (Å²) in [5, 5.41) is 19.5. The van der Waals surface area contributed by atoms with Crippen LogP contribution in [-0.2, 0) is 22.4 Å².